The minimum atomic E-state index is -1.08. The third-order valence-electron chi connectivity index (χ3n) is 3.73. The highest BCUT2D eigenvalue weighted by molar-refractivity contribution is 9.10. The average Bonchev–Trinajstić information content (AvgIpc) is 2.14. The summed E-state index contributed by atoms with van der Waals surface area (Å²) >= 11 is 6.41. The average molecular weight is 372 g/mol. The van der Waals surface area contributed by atoms with Crippen LogP contribution < -0.4 is 0 Å². The summed E-state index contributed by atoms with van der Waals surface area (Å²) in [6, 6.07) is 0. The van der Waals surface area contributed by atoms with E-state index in [0.29, 0.717) is 25.7 Å². The second kappa shape index (κ2) is 4.15. The van der Waals surface area contributed by atoms with Crippen molar-refractivity contribution in [2.45, 2.75) is 41.0 Å². The van der Waals surface area contributed by atoms with E-state index in [4.69, 9.17) is 0 Å². The van der Waals surface area contributed by atoms with Crippen LogP contribution in [0.1, 0.15) is 32.1 Å². The van der Waals surface area contributed by atoms with Crippen molar-refractivity contribution in [3.8, 4) is 0 Å². The molecule has 6 nitrogen and oxygen atoms in total. The highest BCUT2D eigenvalue weighted by atomic mass is 79.9. The molecule has 0 radical (unpaired) electrons. The number of nitrogens with zero attached hydrogens (tertiary/aromatic N) is 2. The first kappa shape index (κ1) is 13.2. The largest absolute Gasteiger partial charge is 0.275 e. The normalized spacial score (nSPS) is 45.3. The maximum Gasteiger partial charge on any atom is 0.275 e. The number of nitro groups is 2. The molecule has 0 heterocycles. The Morgan fingerprint density at radius 1 is 0.882 bits per heavy atom. The third-order valence-corrected chi connectivity index (χ3v) is 5.60. The van der Waals surface area contributed by atoms with E-state index < -0.39 is 8.90 Å². The standard InChI is InChI=1S/C9H12Br2N2O4/c10-8(12(14)15)2-6-1-7(4-8)5-9(11,3-6)13(16)17/h6-7H,1-5H2. The zero-order chi connectivity index (χ0) is 12.8. The fourth-order valence-corrected chi connectivity index (χ4v) is 5.01. The third kappa shape index (κ3) is 2.33. The van der Waals surface area contributed by atoms with Crippen molar-refractivity contribution < 1.29 is 9.85 Å². The van der Waals surface area contributed by atoms with Crippen LogP contribution in [0.5, 0.6) is 0 Å². The monoisotopic (exact) mass is 370 g/mol. The van der Waals surface area contributed by atoms with Crippen LogP contribution in [0.4, 0.5) is 0 Å². The van der Waals surface area contributed by atoms with E-state index in [0.717, 1.165) is 6.42 Å². The Hall–Kier alpha value is -0.240. The first-order valence-corrected chi connectivity index (χ1v) is 7.01. The van der Waals surface area contributed by atoms with Gasteiger partial charge in [-0.3, -0.25) is 20.2 Å². The molecule has 0 amide bonds. The summed E-state index contributed by atoms with van der Waals surface area (Å²) in [6.07, 6.45) is 2.35. The Bertz CT molecular complexity index is 330. The van der Waals surface area contributed by atoms with Gasteiger partial charge < -0.3 is 0 Å². The fraction of sp³-hybridized carbons (Fsp3) is 1.00. The maximum atomic E-state index is 11.0. The molecule has 0 aromatic carbocycles. The summed E-state index contributed by atoms with van der Waals surface area (Å²) in [5, 5.41) is 22.0. The molecule has 0 aromatic rings. The van der Waals surface area contributed by atoms with E-state index in [2.05, 4.69) is 31.9 Å². The Balaban J connectivity index is 2.18. The van der Waals surface area contributed by atoms with E-state index in [-0.39, 0.29) is 21.7 Å². The van der Waals surface area contributed by atoms with E-state index >= 15 is 0 Å². The van der Waals surface area contributed by atoms with Crippen molar-refractivity contribution in [2.75, 3.05) is 0 Å². The van der Waals surface area contributed by atoms with Crippen LogP contribution in [0.15, 0.2) is 0 Å². The minimum Gasteiger partial charge on any atom is -0.263 e. The molecule has 96 valence electrons. The number of fused-ring (bicyclic) bond motifs is 2. The van der Waals surface area contributed by atoms with E-state index in [9.17, 15) is 20.2 Å². The molecule has 0 saturated heterocycles. The number of hydrogen-bond acceptors (Lipinski definition) is 4. The molecule has 0 spiro atoms. The Kier molecular flexibility index (Phi) is 3.22. The molecule has 0 N–H and O–H groups in total. The molecule has 2 bridgehead atoms. The number of alkyl halides is 2. The summed E-state index contributed by atoms with van der Waals surface area (Å²) in [7, 11) is 0. The highest BCUT2D eigenvalue weighted by Crippen LogP contribution is 2.53. The molecule has 2 saturated carbocycles. The summed E-state index contributed by atoms with van der Waals surface area (Å²) in [4.78, 5) is 21.4. The van der Waals surface area contributed by atoms with Crippen LogP contribution in [0, 0.1) is 32.1 Å². The molecule has 17 heavy (non-hydrogen) atoms. The van der Waals surface area contributed by atoms with Crippen LogP contribution in [0.2, 0.25) is 0 Å². The Morgan fingerprint density at radius 3 is 1.41 bits per heavy atom. The Labute approximate surface area is 115 Å². The summed E-state index contributed by atoms with van der Waals surface area (Å²) in [6.45, 7) is 0. The quantitative estimate of drug-likeness (QED) is 0.323. The lowest BCUT2D eigenvalue weighted by molar-refractivity contribution is -0.559. The van der Waals surface area contributed by atoms with Crippen LogP contribution >= 0.6 is 31.9 Å². The van der Waals surface area contributed by atoms with Gasteiger partial charge in [0, 0.05) is 67.4 Å². The van der Waals surface area contributed by atoms with Gasteiger partial charge in [-0.1, -0.05) is 0 Å². The molecule has 8 heteroatoms. The maximum absolute atomic E-state index is 11.0. The van der Waals surface area contributed by atoms with Gasteiger partial charge in [-0.25, -0.2) is 0 Å². The lowest BCUT2D eigenvalue weighted by Gasteiger charge is -2.42. The van der Waals surface area contributed by atoms with Crippen LogP contribution in [-0.4, -0.2) is 18.7 Å². The van der Waals surface area contributed by atoms with E-state index in [1.165, 1.54) is 0 Å². The van der Waals surface area contributed by atoms with Gasteiger partial charge in [0.1, 0.15) is 0 Å². The SMILES string of the molecule is O=[N+]([O-])C1(Br)CC2CC(C1)CC(Br)([N+](=O)[O-])C2. The number of halogens is 2. The van der Waals surface area contributed by atoms with Crippen molar-refractivity contribution in [2.24, 2.45) is 11.8 Å². The Morgan fingerprint density at radius 2 is 1.18 bits per heavy atom. The van der Waals surface area contributed by atoms with Gasteiger partial charge in [0.05, 0.1) is 0 Å². The van der Waals surface area contributed by atoms with Crippen molar-refractivity contribution in [1.29, 1.82) is 0 Å². The second-order valence-corrected chi connectivity index (χ2v) is 8.09. The first-order valence-electron chi connectivity index (χ1n) is 5.42. The zero-order valence-corrected chi connectivity index (χ0v) is 12.1. The van der Waals surface area contributed by atoms with Crippen molar-refractivity contribution in [1.82, 2.24) is 0 Å². The minimum absolute atomic E-state index is 0.0389. The lowest BCUT2D eigenvalue weighted by atomic mass is 9.68. The molecule has 0 aliphatic heterocycles. The van der Waals surface area contributed by atoms with Crippen molar-refractivity contribution >= 4 is 31.9 Å². The van der Waals surface area contributed by atoms with Gasteiger partial charge in [-0.2, -0.15) is 0 Å². The van der Waals surface area contributed by atoms with Gasteiger partial charge in [-0.05, 0) is 18.3 Å². The van der Waals surface area contributed by atoms with Gasteiger partial charge in [-0.15, -0.1) is 0 Å². The molecule has 2 aliphatic carbocycles. The fourth-order valence-electron chi connectivity index (χ4n) is 3.18. The zero-order valence-electron chi connectivity index (χ0n) is 8.97. The summed E-state index contributed by atoms with van der Waals surface area (Å²) < 4.78 is -2.16. The predicted octanol–water partition coefficient (Wildman–Crippen LogP) is 2.93. The van der Waals surface area contributed by atoms with Crippen LogP contribution in [0.25, 0.3) is 0 Å². The molecule has 2 fully saturated rings. The predicted molar refractivity (Wildman–Crippen MR) is 67.4 cm³/mol. The number of hydrogen-bond donors (Lipinski definition) is 0. The van der Waals surface area contributed by atoms with Gasteiger partial charge in [0.15, 0.2) is 0 Å². The molecule has 0 aromatic heterocycles. The first-order chi connectivity index (χ1) is 7.75. The molecule has 0 atom stereocenters. The smallest absolute Gasteiger partial charge is 0.263 e. The molecule has 2 rings (SSSR count). The summed E-state index contributed by atoms with van der Waals surface area (Å²) in [5.41, 5.74) is 0. The van der Waals surface area contributed by atoms with E-state index in [1.54, 1.807) is 0 Å². The van der Waals surface area contributed by atoms with Crippen molar-refractivity contribution in [3.63, 3.8) is 0 Å². The van der Waals surface area contributed by atoms with Crippen LogP contribution in [0.3, 0.4) is 0 Å². The van der Waals surface area contributed by atoms with Crippen molar-refractivity contribution in [3.05, 3.63) is 20.2 Å². The van der Waals surface area contributed by atoms with Gasteiger partial charge in [0.25, 0.3) is 8.90 Å². The van der Waals surface area contributed by atoms with Gasteiger partial charge in [0.2, 0.25) is 0 Å². The molecule has 2 aliphatic rings. The van der Waals surface area contributed by atoms with E-state index in [1.807, 2.05) is 0 Å². The molecular weight excluding hydrogens is 360 g/mol. The lowest BCUT2D eigenvalue weighted by Crippen LogP contribution is -2.49. The molecule has 0 unspecified atom stereocenters. The highest BCUT2D eigenvalue weighted by Gasteiger charge is 2.57. The van der Waals surface area contributed by atoms with Gasteiger partial charge >= 0.3 is 0 Å². The number of rotatable bonds is 2. The summed E-state index contributed by atoms with van der Waals surface area (Å²) in [5.74, 6) is 0.0779. The van der Waals surface area contributed by atoms with Crippen LogP contribution in [-0.2, 0) is 0 Å². The second-order valence-electron chi connectivity index (χ2n) is 5.13. The topological polar surface area (TPSA) is 86.3 Å². The molecular formula is C9H12Br2N2O4.